The SMILES string of the molecule is CCOc1cc(O)c(C(=O)OC)c(C(F)(F)F)c1. The van der Waals surface area contributed by atoms with Gasteiger partial charge in [0.25, 0.3) is 0 Å². The summed E-state index contributed by atoms with van der Waals surface area (Å²) in [5.41, 5.74) is -2.22. The molecule has 7 heteroatoms. The van der Waals surface area contributed by atoms with Crippen LogP contribution in [0.25, 0.3) is 0 Å². The highest BCUT2D eigenvalue weighted by molar-refractivity contribution is 5.94. The number of esters is 1. The minimum Gasteiger partial charge on any atom is -0.507 e. The van der Waals surface area contributed by atoms with Gasteiger partial charge in [-0.1, -0.05) is 0 Å². The number of benzene rings is 1. The Hall–Kier alpha value is -1.92. The maximum absolute atomic E-state index is 12.8. The van der Waals surface area contributed by atoms with Gasteiger partial charge in [-0.3, -0.25) is 0 Å². The van der Waals surface area contributed by atoms with Gasteiger partial charge in [-0.15, -0.1) is 0 Å². The monoisotopic (exact) mass is 264 g/mol. The number of ether oxygens (including phenoxy) is 2. The Morgan fingerprint density at radius 3 is 2.44 bits per heavy atom. The molecule has 0 radical (unpaired) electrons. The van der Waals surface area contributed by atoms with Crippen molar-refractivity contribution in [1.82, 2.24) is 0 Å². The van der Waals surface area contributed by atoms with Crippen molar-refractivity contribution in [3.05, 3.63) is 23.3 Å². The first kappa shape index (κ1) is 14.1. The molecule has 1 rings (SSSR count). The standard InChI is InChI=1S/C11H11F3O4/c1-3-18-6-4-7(11(12,13)14)9(8(15)5-6)10(16)17-2/h4-5,15H,3H2,1-2H3. The lowest BCUT2D eigenvalue weighted by molar-refractivity contribution is -0.138. The summed E-state index contributed by atoms with van der Waals surface area (Å²) < 4.78 is 47.4. The molecule has 18 heavy (non-hydrogen) atoms. The minimum atomic E-state index is -4.80. The van der Waals surface area contributed by atoms with Gasteiger partial charge in [0.15, 0.2) is 0 Å². The molecule has 0 aromatic heterocycles. The summed E-state index contributed by atoms with van der Waals surface area (Å²) in [6, 6.07) is 1.58. The number of carbonyl (C=O) groups is 1. The van der Waals surface area contributed by atoms with Crippen LogP contribution >= 0.6 is 0 Å². The topological polar surface area (TPSA) is 55.8 Å². The number of hydrogen-bond donors (Lipinski definition) is 1. The molecule has 0 spiro atoms. The van der Waals surface area contributed by atoms with Crippen LogP contribution in [-0.4, -0.2) is 24.8 Å². The van der Waals surface area contributed by atoms with E-state index < -0.39 is 29.0 Å². The number of halogens is 3. The van der Waals surface area contributed by atoms with Crippen molar-refractivity contribution in [2.75, 3.05) is 13.7 Å². The third-order valence-electron chi connectivity index (χ3n) is 2.10. The van der Waals surface area contributed by atoms with Crippen molar-refractivity contribution in [2.24, 2.45) is 0 Å². The lowest BCUT2D eigenvalue weighted by atomic mass is 10.1. The van der Waals surface area contributed by atoms with Gasteiger partial charge in [-0.2, -0.15) is 13.2 Å². The van der Waals surface area contributed by atoms with Crippen LogP contribution in [0.3, 0.4) is 0 Å². The number of phenols is 1. The predicted octanol–water partition coefficient (Wildman–Crippen LogP) is 2.60. The molecule has 0 amide bonds. The molecule has 0 bridgehead atoms. The van der Waals surface area contributed by atoms with Crippen molar-refractivity contribution in [1.29, 1.82) is 0 Å². The van der Waals surface area contributed by atoms with E-state index in [2.05, 4.69) is 4.74 Å². The first-order valence-electron chi connectivity index (χ1n) is 4.96. The first-order chi connectivity index (χ1) is 8.31. The molecular formula is C11H11F3O4. The molecule has 1 N–H and O–H groups in total. The zero-order valence-corrected chi connectivity index (χ0v) is 9.67. The van der Waals surface area contributed by atoms with Crippen molar-refractivity contribution in [2.45, 2.75) is 13.1 Å². The zero-order chi connectivity index (χ0) is 13.9. The average Bonchev–Trinajstić information content (AvgIpc) is 2.26. The molecule has 1 aromatic rings. The third kappa shape index (κ3) is 2.85. The predicted molar refractivity (Wildman–Crippen MR) is 55.6 cm³/mol. The van der Waals surface area contributed by atoms with E-state index in [4.69, 9.17) is 4.74 Å². The number of rotatable bonds is 3. The maximum Gasteiger partial charge on any atom is 0.417 e. The van der Waals surface area contributed by atoms with E-state index in [1.807, 2.05) is 0 Å². The fraction of sp³-hybridized carbons (Fsp3) is 0.364. The number of carbonyl (C=O) groups excluding carboxylic acids is 1. The number of aromatic hydroxyl groups is 1. The van der Waals surface area contributed by atoms with Crippen LogP contribution in [-0.2, 0) is 10.9 Å². The van der Waals surface area contributed by atoms with E-state index in [1.165, 1.54) is 0 Å². The summed E-state index contributed by atoms with van der Waals surface area (Å²) in [7, 11) is 0.929. The lowest BCUT2D eigenvalue weighted by Crippen LogP contribution is -2.15. The van der Waals surface area contributed by atoms with Gasteiger partial charge in [0.2, 0.25) is 0 Å². The van der Waals surface area contributed by atoms with Crippen molar-refractivity contribution >= 4 is 5.97 Å². The van der Waals surface area contributed by atoms with Crippen molar-refractivity contribution in [3.8, 4) is 11.5 Å². The number of alkyl halides is 3. The highest BCUT2D eigenvalue weighted by Crippen LogP contribution is 2.39. The molecule has 0 heterocycles. The van der Waals surface area contributed by atoms with Gasteiger partial charge in [0.1, 0.15) is 17.1 Å². The second-order valence-corrected chi connectivity index (χ2v) is 3.29. The molecule has 0 aliphatic heterocycles. The van der Waals surface area contributed by atoms with E-state index in [0.717, 1.165) is 13.2 Å². The van der Waals surface area contributed by atoms with Crippen LogP contribution < -0.4 is 4.74 Å². The smallest absolute Gasteiger partial charge is 0.417 e. The number of methoxy groups -OCH3 is 1. The van der Waals surface area contributed by atoms with Gasteiger partial charge < -0.3 is 14.6 Å². The maximum atomic E-state index is 12.8. The summed E-state index contributed by atoms with van der Waals surface area (Å²) in [5.74, 6) is -2.27. The summed E-state index contributed by atoms with van der Waals surface area (Å²) >= 11 is 0. The van der Waals surface area contributed by atoms with Gasteiger partial charge in [0, 0.05) is 6.07 Å². The molecule has 4 nitrogen and oxygen atoms in total. The van der Waals surface area contributed by atoms with E-state index in [0.29, 0.717) is 6.07 Å². The molecule has 0 aliphatic carbocycles. The molecule has 0 aliphatic rings. The summed E-state index contributed by atoms with van der Waals surface area (Å²) in [6.07, 6.45) is -4.80. The summed E-state index contributed by atoms with van der Waals surface area (Å²) in [6.45, 7) is 1.72. The summed E-state index contributed by atoms with van der Waals surface area (Å²) in [4.78, 5) is 11.2. The average molecular weight is 264 g/mol. The van der Waals surface area contributed by atoms with E-state index in [1.54, 1.807) is 6.92 Å². The lowest BCUT2D eigenvalue weighted by Gasteiger charge is -2.14. The highest BCUT2D eigenvalue weighted by atomic mass is 19.4. The van der Waals surface area contributed by atoms with Crippen LogP contribution in [0.2, 0.25) is 0 Å². The fourth-order valence-electron chi connectivity index (χ4n) is 1.39. The Labute approximate surface area is 101 Å². The number of hydrogen-bond acceptors (Lipinski definition) is 4. The molecule has 0 unspecified atom stereocenters. The Kier molecular flexibility index (Phi) is 4.05. The van der Waals surface area contributed by atoms with Crippen LogP contribution in [0, 0.1) is 0 Å². The van der Waals surface area contributed by atoms with Crippen LogP contribution in [0.15, 0.2) is 12.1 Å². The van der Waals surface area contributed by atoms with Crippen LogP contribution in [0.4, 0.5) is 13.2 Å². The minimum absolute atomic E-state index is 0.133. The second-order valence-electron chi connectivity index (χ2n) is 3.29. The van der Waals surface area contributed by atoms with Gasteiger partial charge in [0.05, 0.1) is 19.3 Å². The number of phenolic OH excluding ortho intramolecular Hbond substituents is 1. The Morgan fingerprint density at radius 2 is 2.00 bits per heavy atom. The third-order valence-corrected chi connectivity index (χ3v) is 2.10. The summed E-state index contributed by atoms with van der Waals surface area (Å²) in [5, 5.41) is 9.48. The normalized spacial score (nSPS) is 11.2. The van der Waals surface area contributed by atoms with Crippen LogP contribution in [0.5, 0.6) is 11.5 Å². The van der Waals surface area contributed by atoms with E-state index >= 15 is 0 Å². The highest BCUT2D eigenvalue weighted by Gasteiger charge is 2.38. The molecule has 0 atom stereocenters. The Balaban J connectivity index is 3.45. The molecular weight excluding hydrogens is 253 g/mol. The molecule has 0 saturated heterocycles. The largest absolute Gasteiger partial charge is 0.507 e. The van der Waals surface area contributed by atoms with Crippen molar-refractivity contribution < 1.29 is 32.5 Å². The Morgan fingerprint density at radius 1 is 1.39 bits per heavy atom. The van der Waals surface area contributed by atoms with E-state index in [-0.39, 0.29) is 12.4 Å². The molecule has 1 aromatic carbocycles. The zero-order valence-electron chi connectivity index (χ0n) is 9.67. The molecule has 100 valence electrons. The fourth-order valence-corrected chi connectivity index (χ4v) is 1.39. The van der Waals surface area contributed by atoms with Crippen molar-refractivity contribution in [3.63, 3.8) is 0 Å². The molecule has 0 saturated carbocycles. The van der Waals surface area contributed by atoms with Gasteiger partial charge in [-0.25, -0.2) is 4.79 Å². The second kappa shape index (κ2) is 5.16. The van der Waals surface area contributed by atoms with Gasteiger partial charge in [-0.05, 0) is 13.0 Å². The quantitative estimate of drug-likeness (QED) is 0.852. The van der Waals surface area contributed by atoms with E-state index in [9.17, 15) is 23.1 Å². The van der Waals surface area contributed by atoms with Gasteiger partial charge >= 0.3 is 12.1 Å². The first-order valence-corrected chi connectivity index (χ1v) is 4.96. The Bertz CT molecular complexity index is 454. The van der Waals surface area contributed by atoms with Crippen LogP contribution in [0.1, 0.15) is 22.8 Å². The molecule has 0 fully saturated rings.